The molecule has 0 saturated heterocycles. The first-order chi connectivity index (χ1) is 9.31. The van der Waals surface area contributed by atoms with Crippen LogP contribution in [-0.2, 0) is 4.79 Å². The Morgan fingerprint density at radius 3 is 2.20 bits per heavy atom. The molecule has 1 rings (SSSR count). The van der Waals surface area contributed by atoms with E-state index in [4.69, 9.17) is 0 Å². The third-order valence-corrected chi connectivity index (χ3v) is 2.60. The molecule has 0 aromatic heterocycles. The number of hydrogen-bond donors (Lipinski definition) is 0. The summed E-state index contributed by atoms with van der Waals surface area (Å²) in [6.07, 6.45) is -5.11. The lowest BCUT2D eigenvalue weighted by atomic mass is 10.1. The number of esters is 1. The Bertz CT molecular complexity index is 496. The molecule has 0 aliphatic carbocycles. The third kappa shape index (κ3) is 3.72. The van der Waals surface area contributed by atoms with Crippen LogP contribution in [0.1, 0.15) is 24.2 Å². The summed E-state index contributed by atoms with van der Waals surface area (Å²) in [5, 5.41) is 0. The van der Waals surface area contributed by atoms with E-state index < -0.39 is 23.8 Å². The zero-order chi connectivity index (χ0) is 15.3. The largest absolute Gasteiger partial charge is 0.491 e. The Morgan fingerprint density at radius 2 is 1.70 bits per heavy atom. The highest BCUT2D eigenvalue weighted by Gasteiger charge is 2.41. The van der Waals surface area contributed by atoms with Crippen LogP contribution in [0.2, 0.25) is 0 Å². The number of para-hydroxylation sites is 1. The van der Waals surface area contributed by atoms with E-state index in [1.165, 1.54) is 23.1 Å². The van der Waals surface area contributed by atoms with Crippen LogP contribution >= 0.6 is 0 Å². The fourth-order valence-electron chi connectivity index (χ4n) is 1.57. The minimum Gasteiger partial charge on any atom is -0.419 e. The zero-order valence-electron chi connectivity index (χ0n) is 11.0. The highest BCUT2D eigenvalue weighted by Crippen LogP contribution is 2.24. The summed E-state index contributed by atoms with van der Waals surface area (Å²) in [4.78, 5) is 24.4. The number of ether oxygens (including phenoxy) is 1. The van der Waals surface area contributed by atoms with Gasteiger partial charge in [-0.1, -0.05) is 12.1 Å². The average Bonchev–Trinajstić information content (AvgIpc) is 2.39. The SMILES string of the molecule is CCN(CC)C(=O)c1ccccc1OC(=O)C(F)(F)F. The molecule has 0 radical (unpaired) electrons. The van der Waals surface area contributed by atoms with E-state index in [0.717, 1.165) is 6.07 Å². The highest BCUT2D eigenvalue weighted by molar-refractivity contribution is 5.97. The lowest BCUT2D eigenvalue weighted by Gasteiger charge is -2.20. The molecule has 0 heterocycles. The fraction of sp³-hybridized carbons (Fsp3) is 0.385. The van der Waals surface area contributed by atoms with Crippen molar-refractivity contribution in [2.24, 2.45) is 0 Å². The van der Waals surface area contributed by atoms with Gasteiger partial charge in [0.15, 0.2) is 0 Å². The minimum atomic E-state index is -5.11. The van der Waals surface area contributed by atoms with Gasteiger partial charge in [0.25, 0.3) is 5.91 Å². The average molecular weight is 289 g/mol. The van der Waals surface area contributed by atoms with E-state index >= 15 is 0 Å². The molecule has 0 bridgehead atoms. The van der Waals surface area contributed by atoms with Crippen molar-refractivity contribution in [3.63, 3.8) is 0 Å². The van der Waals surface area contributed by atoms with Gasteiger partial charge in [-0.3, -0.25) is 4.79 Å². The number of rotatable bonds is 4. The van der Waals surface area contributed by atoms with Crippen molar-refractivity contribution >= 4 is 11.9 Å². The van der Waals surface area contributed by atoms with Crippen LogP contribution in [-0.4, -0.2) is 36.0 Å². The minimum absolute atomic E-state index is 0.0752. The van der Waals surface area contributed by atoms with E-state index in [-0.39, 0.29) is 5.56 Å². The fourth-order valence-corrected chi connectivity index (χ4v) is 1.57. The highest BCUT2D eigenvalue weighted by atomic mass is 19.4. The topological polar surface area (TPSA) is 46.6 Å². The summed E-state index contributed by atoms with van der Waals surface area (Å²) in [5.41, 5.74) is -0.0752. The van der Waals surface area contributed by atoms with Gasteiger partial charge in [-0.2, -0.15) is 13.2 Å². The normalized spacial score (nSPS) is 11.1. The first-order valence-electron chi connectivity index (χ1n) is 5.98. The van der Waals surface area contributed by atoms with Crippen LogP contribution in [0.4, 0.5) is 13.2 Å². The van der Waals surface area contributed by atoms with Gasteiger partial charge in [-0.15, -0.1) is 0 Å². The van der Waals surface area contributed by atoms with E-state index in [1.807, 2.05) is 0 Å². The molecule has 0 aliphatic rings. The van der Waals surface area contributed by atoms with Crippen LogP contribution in [0.3, 0.4) is 0 Å². The van der Waals surface area contributed by atoms with E-state index in [9.17, 15) is 22.8 Å². The van der Waals surface area contributed by atoms with Crippen LogP contribution in [0.15, 0.2) is 24.3 Å². The molecule has 1 aromatic carbocycles. The molecular weight excluding hydrogens is 275 g/mol. The van der Waals surface area contributed by atoms with Crippen molar-refractivity contribution in [3.8, 4) is 5.75 Å². The number of alkyl halides is 3. The van der Waals surface area contributed by atoms with Crippen molar-refractivity contribution < 1.29 is 27.5 Å². The van der Waals surface area contributed by atoms with Crippen molar-refractivity contribution in [2.45, 2.75) is 20.0 Å². The molecule has 0 aliphatic heterocycles. The van der Waals surface area contributed by atoms with Crippen molar-refractivity contribution in [1.82, 2.24) is 4.90 Å². The molecular formula is C13H14F3NO3. The maximum atomic E-state index is 12.2. The van der Waals surface area contributed by atoms with Crippen molar-refractivity contribution in [1.29, 1.82) is 0 Å². The summed E-state index contributed by atoms with van der Waals surface area (Å²) in [6, 6.07) is 5.35. The van der Waals surface area contributed by atoms with E-state index in [1.54, 1.807) is 13.8 Å². The lowest BCUT2D eigenvalue weighted by Crippen LogP contribution is -2.32. The second-order valence-electron chi connectivity index (χ2n) is 3.86. The number of amides is 1. The molecule has 110 valence electrons. The molecule has 20 heavy (non-hydrogen) atoms. The first-order valence-corrected chi connectivity index (χ1v) is 5.98. The number of nitrogens with zero attached hydrogens (tertiary/aromatic N) is 1. The summed E-state index contributed by atoms with van der Waals surface area (Å²) in [6.45, 7) is 4.28. The maximum absolute atomic E-state index is 12.2. The number of carbonyl (C=O) groups is 2. The molecule has 0 N–H and O–H groups in total. The monoisotopic (exact) mass is 289 g/mol. The molecule has 0 atom stereocenters. The van der Waals surface area contributed by atoms with E-state index in [2.05, 4.69) is 4.74 Å². The van der Waals surface area contributed by atoms with Gasteiger partial charge in [0.2, 0.25) is 0 Å². The van der Waals surface area contributed by atoms with Gasteiger partial charge >= 0.3 is 12.1 Å². The standard InChI is InChI=1S/C13H14F3NO3/c1-3-17(4-2)11(18)9-7-5-6-8-10(9)20-12(19)13(14,15)16/h5-8H,3-4H2,1-2H3. The van der Waals surface area contributed by atoms with Crippen molar-refractivity contribution in [3.05, 3.63) is 29.8 Å². The summed E-state index contributed by atoms with van der Waals surface area (Å²) in [7, 11) is 0. The molecule has 0 saturated carbocycles. The van der Waals surface area contributed by atoms with Gasteiger partial charge in [0.1, 0.15) is 5.75 Å². The smallest absolute Gasteiger partial charge is 0.419 e. The first kappa shape index (κ1) is 16.0. The second kappa shape index (κ2) is 6.40. The summed E-state index contributed by atoms with van der Waals surface area (Å²) >= 11 is 0. The second-order valence-corrected chi connectivity index (χ2v) is 3.86. The molecule has 0 fully saturated rings. The van der Waals surface area contributed by atoms with Crippen LogP contribution in [0, 0.1) is 0 Å². The van der Waals surface area contributed by atoms with Gasteiger partial charge in [-0.05, 0) is 26.0 Å². The van der Waals surface area contributed by atoms with Crippen LogP contribution < -0.4 is 4.74 Å². The maximum Gasteiger partial charge on any atom is 0.491 e. The Hall–Kier alpha value is -2.05. The third-order valence-electron chi connectivity index (χ3n) is 2.60. The molecule has 0 spiro atoms. The van der Waals surface area contributed by atoms with Crippen LogP contribution in [0.25, 0.3) is 0 Å². The molecule has 1 amide bonds. The number of hydrogen-bond acceptors (Lipinski definition) is 3. The Balaban J connectivity index is 3.05. The molecule has 1 aromatic rings. The molecule has 7 heteroatoms. The molecule has 4 nitrogen and oxygen atoms in total. The van der Waals surface area contributed by atoms with Gasteiger partial charge in [0, 0.05) is 13.1 Å². The Kier molecular flexibility index (Phi) is 5.12. The Labute approximate surface area is 114 Å². The Morgan fingerprint density at radius 1 is 1.15 bits per heavy atom. The van der Waals surface area contributed by atoms with Crippen molar-refractivity contribution in [2.75, 3.05) is 13.1 Å². The number of halogens is 3. The number of benzene rings is 1. The predicted molar refractivity (Wildman–Crippen MR) is 65.4 cm³/mol. The van der Waals surface area contributed by atoms with Gasteiger partial charge in [0.05, 0.1) is 5.56 Å². The number of carbonyl (C=O) groups excluding carboxylic acids is 2. The molecule has 0 unspecified atom stereocenters. The van der Waals surface area contributed by atoms with E-state index in [0.29, 0.717) is 13.1 Å². The van der Waals surface area contributed by atoms with Gasteiger partial charge in [-0.25, -0.2) is 4.79 Å². The van der Waals surface area contributed by atoms with Gasteiger partial charge < -0.3 is 9.64 Å². The summed E-state index contributed by atoms with van der Waals surface area (Å²) in [5.74, 6) is -3.23. The van der Waals surface area contributed by atoms with Crippen LogP contribution in [0.5, 0.6) is 5.75 Å². The zero-order valence-corrected chi connectivity index (χ0v) is 11.0. The predicted octanol–water partition coefficient (Wildman–Crippen LogP) is 2.64. The quantitative estimate of drug-likeness (QED) is 0.632. The lowest BCUT2D eigenvalue weighted by molar-refractivity contribution is -0.189. The summed E-state index contributed by atoms with van der Waals surface area (Å²) < 4.78 is 40.8.